The van der Waals surface area contributed by atoms with Gasteiger partial charge in [0.05, 0.1) is 6.54 Å². The standard InChI is InChI=1S/C14H32N4/c1-8-11(9-2)12(18(6)7)10-16-13(15)17-14(3,4)5/h11-12H,8-10H2,1-7H3,(H3,15,16,17). The van der Waals surface area contributed by atoms with Crippen molar-refractivity contribution < 1.29 is 0 Å². The molecule has 0 heterocycles. The van der Waals surface area contributed by atoms with E-state index in [2.05, 4.69) is 63.9 Å². The summed E-state index contributed by atoms with van der Waals surface area (Å²) in [5.74, 6) is 1.21. The van der Waals surface area contributed by atoms with Crippen LogP contribution in [0.5, 0.6) is 0 Å². The van der Waals surface area contributed by atoms with Crippen LogP contribution in [0.25, 0.3) is 0 Å². The van der Waals surface area contributed by atoms with Gasteiger partial charge >= 0.3 is 0 Å². The highest BCUT2D eigenvalue weighted by atomic mass is 15.2. The fourth-order valence-electron chi connectivity index (χ4n) is 2.18. The van der Waals surface area contributed by atoms with E-state index in [0.29, 0.717) is 17.9 Å². The largest absolute Gasteiger partial charge is 0.370 e. The van der Waals surface area contributed by atoms with Crippen molar-refractivity contribution in [3.05, 3.63) is 0 Å². The van der Waals surface area contributed by atoms with Crippen molar-refractivity contribution >= 4 is 5.96 Å². The van der Waals surface area contributed by atoms with Crippen LogP contribution in [0.3, 0.4) is 0 Å². The van der Waals surface area contributed by atoms with Crippen molar-refractivity contribution in [3.8, 4) is 0 Å². The Bertz CT molecular complexity index is 249. The van der Waals surface area contributed by atoms with Gasteiger partial charge in [-0.05, 0) is 40.8 Å². The molecule has 0 rings (SSSR count). The molecule has 0 spiro atoms. The minimum Gasteiger partial charge on any atom is -0.370 e. The second-order valence-corrected chi connectivity index (χ2v) is 6.21. The van der Waals surface area contributed by atoms with Gasteiger partial charge in [0.2, 0.25) is 0 Å². The summed E-state index contributed by atoms with van der Waals surface area (Å²) < 4.78 is 0. The number of hydrogen-bond donors (Lipinski definition) is 2. The topological polar surface area (TPSA) is 53.6 Å². The smallest absolute Gasteiger partial charge is 0.189 e. The normalized spacial score (nSPS) is 15.3. The molecular formula is C14H32N4. The molecule has 0 aromatic carbocycles. The summed E-state index contributed by atoms with van der Waals surface area (Å²) in [5, 5.41) is 3.20. The second kappa shape index (κ2) is 7.62. The summed E-state index contributed by atoms with van der Waals surface area (Å²) in [7, 11) is 4.23. The van der Waals surface area contributed by atoms with E-state index in [9.17, 15) is 0 Å². The zero-order chi connectivity index (χ0) is 14.3. The van der Waals surface area contributed by atoms with Gasteiger partial charge in [-0.3, -0.25) is 4.99 Å². The number of nitrogens with zero attached hydrogens (tertiary/aromatic N) is 2. The predicted octanol–water partition coefficient (Wildman–Crippen LogP) is 2.06. The molecule has 0 radical (unpaired) electrons. The number of likely N-dealkylation sites (N-methyl/N-ethyl adjacent to an activating group) is 1. The summed E-state index contributed by atoms with van der Waals surface area (Å²) in [6.07, 6.45) is 2.36. The van der Waals surface area contributed by atoms with Gasteiger partial charge in [0.1, 0.15) is 0 Å². The van der Waals surface area contributed by atoms with E-state index >= 15 is 0 Å². The minimum absolute atomic E-state index is 0.0316. The molecule has 1 atom stereocenters. The number of nitrogens with one attached hydrogen (secondary N) is 1. The highest BCUT2D eigenvalue weighted by Gasteiger charge is 2.20. The Morgan fingerprint density at radius 2 is 1.72 bits per heavy atom. The Balaban J connectivity index is 4.56. The van der Waals surface area contributed by atoms with Gasteiger partial charge in [-0.2, -0.15) is 0 Å². The van der Waals surface area contributed by atoms with Crippen molar-refractivity contribution in [2.45, 2.75) is 59.0 Å². The molecule has 0 bridgehead atoms. The van der Waals surface area contributed by atoms with E-state index in [1.807, 2.05) is 0 Å². The maximum atomic E-state index is 5.91. The van der Waals surface area contributed by atoms with Gasteiger partial charge in [0.25, 0.3) is 0 Å². The lowest BCUT2D eigenvalue weighted by atomic mass is 9.93. The second-order valence-electron chi connectivity index (χ2n) is 6.21. The first-order valence-electron chi connectivity index (χ1n) is 6.95. The number of nitrogens with two attached hydrogens (primary N) is 1. The van der Waals surface area contributed by atoms with Crippen LogP contribution >= 0.6 is 0 Å². The number of hydrogen-bond acceptors (Lipinski definition) is 2. The molecule has 0 amide bonds. The van der Waals surface area contributed by atoms with Gasteiger partial charge in [-0.1, -0.05) is 26.7 Å². The molecule has 1 unspecified atom stereocenters. The molecule has 0 aliphatic carbocycles. The van der Waals surface area contributed by atoms with E-state index in [0.717, 1.165) is 6.54 Å². The SMILES string of the molecule is CCC(CC)C(CN=C(N)NC(C)(C)C)N(C)C. The van der Waals surface area contributed by atoms with Gasteiger partial charge < -0.3 is 16.0 Å². The molecule has 0 fully saturated rings. The van der Waals surface area contributed by atoms with Crippen LogP contribution in [0.4, 0.5) is 0 Å². The molecule has 0 saturated carbocycles. The molecule has 0 aromatic heterocycles. The van der Waals surface area contributed by atoms with E-state index in [1.54, 1.807) is 0 Å². The summed E-state index contributed by atoms with van der Waals surface area (Å²) in [5.41, 5.74) is 5.88. The maximum Gasteiger partial charge on any atom is 0.189 e. The van der Waals surface area contributed by atoms with Crippen LogP contribution in [0.15, 0.2) is 4.99 Å². The minimum atomic E-state index is -0.0316. The first kappa shape index (κ1) is 17.2. The van der Waals surface area contributed by atoms with Crippen LogP contribution in [0.1, 0.15) is 47.5 Å². The van der Waals surface area contributed by atoms with Crippen molar-refractivity contribution in [1.29, 1.82) is 0 Å². The Morgan fingerprint density at radius 3 is 2.06 bits per heavy atom. The quantitative estimate of drug-likeness (QED) is 0.565. The molecule has 18 heavy (non-hydrogen) atoms. The zero-order valence-electron chi connectivity index (χ0n) is 13.2. The Labute approximate surface area is 113 Å². The van der Waals surface area contributed by atoms with E-state index in [1.165, 1.54) is 12.8 Å². The summed E-state index contributed by atoms with van der Waals surface area (Å²) >= 11 is 0. The maximum absolute atomic E-state index is 5.91. The fraction of sp³-hybridized carbons (Fsp3) is 0.929. The molecule has 0 aromatic rings. The van der Waals surface area contributed by atoms with Crippen molar-refractivity contribution in [2.24, 2.45) is 16.6 Å². The van der Waals surface area contributed by atoms with Crippen LogP contribution < -0.4 is 11.1 Å². The highest BCUT2D eigenvalue weighted by Crippen LogP contribution is 2.17. The summed E-state index contributed by atoms with van der Waals surface area (Å²) in [4.78, 5) is 6.75. The third kappa shape index (κ3) is 6.84. The van der Waals surface area contributed by atoms with E-state index in [-0.39, 0.29) is 5.54 Å². The van der Waals surface area contributed by atoms with Crippen molar-refractivity contribution in [1.82, 2.24) is 10.2 Å². The van der Waals surface area contributed by atoms with E-state index < -0.39 is 0 Å². The lowest BCUT2D eigenvalue weighted by molar-refractivity contribution is 0.206. The third-order valence-corrected chi connectivity index (χ3v) is 3.21. The third-order valence-electron chi connectivity index (χ3n) is 3.21. The van der Waals surface area contributed by atoms with Gasteiger partial charge in [0.15, 0.2) is 5.96 Å². The Morgan fingerprint density at radius 1 is 1.22 bits per heavy atom. The van der Waals surface area contributed by atoms with Crippen LogP contribution in [0.2, 0.25) is 0 Å². The number of guanidine groups is 1. The molecule has 0 aliphatic rings. The molecule has 3 N–H and O–H groups in total. The molecule has 4 nitrogen and oxygen atoms in total. The molecule has 108 valence electrons. The van der Waals surface area contributed by atoms with Crippen LogP contribution in [-0.2, 0) is 0 Å². The highest BCUT2D eigenvalue weighted by molar-refractivity contribution is 5.78. The lowest BCUT2D eigenvalue weighted by Gasteiger charge is -2.30. The summed E-state index contributed by atoms with van der Waals surface area (Å²) in [6, 6.07) is 0.459. The lowest BCUT2D eigenvalue weighted by Crippen LogP contribution is -2.46. The fourth-order valence-corrected chi connectivity index (χ4v) is 2.18. The van der Waals surface area contributed by atoms with Crippen molar-refractivity contribution in [3.63, 3.8) is 0 Å². The predicted molar refractivity (Wildman–Crippen MR) is 80.9 cm³/mol. The molecule has 0 aliphatic heterocycles. The van der Waals surface area contributed by atoms with Gasteiger partial charge in [-0.25, -0.2) is 0 Å². The van der Waals surface area contributed by atoms with Crippen LogP contribution in [0, 0.1) is 5.92 Å². The summed E-state index contributed by atoms with van der Waals surface area (Å²) in [6.45, 7) is 11.5. The van der Waals surface area contributed by atoms with Gasteiger partial charge in [0, 0.05) is 11.6 Å². The molecule has 4 heteroatoms. The average molecular weight is 256 g/mol. The van der Waals surface area contributed by atoms with Crippen molar-refractivity contribution in [2.75, 3.05) is 20.6 Å². The monoisotopic (exact) mass is 256 g/mol. The van der Waals surface area contributed by atoms with E-state index in [4.69, 9.17) is 5.73 Å². The first-order valence-corrected chi connectivity index (χ1v) is 6.95. The Hall–Kier alpha value is -0.770. The first-order chi connectivity index (χ1) is 8.21. The Kier molecular flexibility index (Phi) is 7.29. The number of aliphatic imine (C=N–C) groups is 1. The van der Waals surface area contributed by atoms with Gasteiger partial charge in [-0.15, -0.1) is 0 Å². The number of rotatable bonds is 6. The average Bonchev–Trinajstić information content (AvgIpc) is 2.21. The zero-order valence-corrected chi connectivity index (χ0v) is 13.2. The molecule has 0 saturated heterocycles. The van der Waals surface area contributed by atoms with Crippen LogP contribution in [-0.4, -0.2) is 43.1 Å². The molecular weight excluding hydrogens is 224 g/mol.